The highest BCUT2D eigenvalue weighted by molar-refractivity contribution is 6.58. The Morgan fingerprint density at radius 1 is 1.53 bits per heavy atom. The first-order valence-electron chi connectivity index (χ1n) is 4.55. The minimum atomic E-state index is -1.51. The number of hydrogen-bond donors (Lipinski definition) is 3. The van der Waals surface area contributed by atoms with Crippen LogP contribution in [0, 0.1) is 0 Å². The van der Waals surface area contributed by atoms with Crippen LogP contribution in [0.5, 0.6) is 5.75 Å². The van der Waals surface area contributed by atoms with E-state index in [0.29, 0.717) is 23.4 Å². The third-order valence-electron chi connectivity index (χ3n) is 1.85. The first-order valence-corrected chi connectivity index (χ1v) is 4.55. The Hall–Kier alpha value is -1.53. The number of nitrogens with zero attached hydrogens (tertiary/aromatic N) is 1. The van der Waals surface area contributed by atoms with E-state index in [9.17, 15) is 0 Å². The second-order valence-corrected chi connectivity index (χ2v) is 2.88. The van der Waals surface area contributed by atoms with E-state index in [0.717, 1.165) is 0 Å². The summed E-state index contributed by atoms with van der Waals surface area (Å²) in [5, 5.41) is 21.3. The highest BCUT2D eigenvalue weighted by Crippen LogP contribution is 2.14. The van der Waals surface area contributed by atoms with Gasteiger partial charge in [-0.15, -0.1) is 0 Å². The van der Waals surface area contributed by atoms with Crippen molar-refractivity contribution in [2.24, 2.45) is 10.9 Å². The summed E-state index contributed by atoms with van der Waals surface area (Å²) in [6.07, 6.45) is 1.40. The van der Waals surface area contributed by atoms with Crippen LogP contribution in [0.25, 0.3) is 0 Å². The number of rotatable bonds is 4. The minimum Gasteiger partial charge on any atom is -0.493 e. The van der Waals surface area contributed by atoms with Gasteiger partial charge in [-0.2, -0.15) is 5.10 Å². The van der Waals surface area contributed by atoms with Gasteiger partial charge in [-0.25, -0.2) is 0 Å². The van der Waals surface area contributed by atoms with Gasteiger partial charge in [-0.05, 0) is 24.5 Å². The van der Waals surface area contributed by atoms with Crippen LogP contribution in [-0.4, -0.2) is 30.0 Å². The van der Waals surface area contributed by atoms with E-state index in [-0.39, 0.29) is 0 Å². The van der Waals surface area contributed by atoms with Gasteiger partial charge < -0.3 is 20.6 Å². The second-order valence-electron chi connectivity index (χ2n) is 2.88. The Morgan fingerprint density at radius 3 is 2.80 bits per heavy atom. The normalized spacial score (nSPS) is 10.6. The van der Waals surface area contributed by atoms with Crippen molar-refractivity contribution in [3.63, 3.8) is 0 Å². The third kappa shape index (κ3) is 2.97. The summed E-state index contributed by atoms with van der Waals surface area (Å²) in [6, 6.07) is 4.78. The molecule has 0 aromatic heterocycles. The molecule has 1 aromatic carbocycles. The molecule has 1 rings (SSSR count). The van der Waals surface area contributed by atoms with Crippen molar-refractivity contribution in [3.8, 4) is 5.75 Å². The lowest BCUT2D eigenvalue weighted by Gasteiger charge is -2.08. The van der Waals surface area contributed by atoms with E-state index in [1.165, 1.54) is 6.21 Å². The van der Waals surface area contributed by atoms with Gasteiger partial charge in [0.2, 0.25) is 0 Å². The van der Waals surface area contributed by atoms with Crippen LogP contribution in [0.3, 0.4) is 0 Å². The van der Waals surface area contributed by atoms with Crippen LogP contribution in [-0.2, 0) is 0 Å². The van der Waals surface area contributed by atoms with Crippen molar-refractivity contribution < 1.29 is 14.8 Å². The van der Waals surface area contributed by atoms with Crippen molar-refractivity contribution >= 4 is 18.8 Å². The van der Waals surface area contributed by atoms with E-state index in [4.69, 9.17) is 20.6 Å². The molecule has 4 N–H and O–H groups in total. The maximum absolute atomic E-state index is 8.98. The fourth-order valence-corrected chi connectivity index (χ4v) is 1.20. The Morgan fingerprint density at radius 2 is 2.27 bits per heavy atom. The Balaban J connectivity index is 3.08. The molecule has 1 aromatic rings. The minimum absolute atomic E-state index is 0.369. The molecule has 0 heterocycles. The van der Waals surface area contributed by atoms with E-state index in [2.05, 4.69) is 5.10 Å². The van der Waals surface area contributed by atoms with Gasteiger partial charge in [-0.3, -0.25) is 0 Å². The monoisotopic (exact) mass is 208 g/mol. The maximum atomic E-state index is 8.98. The van der Waals surface area contributed by atoms with Crippen molar-refractivity contribution in [2.75, 3.05) is 6.61 Å². The summed E-state index contributed by atoms with van der Waals surface area (Å²) < 4.78 is 5.31. The molecule has 0 aliphatic heterocycles. The lowest BCUT2D eigenvalue weighted by Crippen LogP contribution is -2.30. The van der Waals surface area contributed by atoms with Crippen LogP contribution >= 0.6 is 0 Å². The van der Waals surface area contributed by atoms with Gasteiger partial charge in [0.25, 0.3) is 0 Å². The van der Waals surface area contributed by atoms with Crippen LogP contribution in [0.2, 0.25) is 0 Å². The highest BCUT2D eigenvalue weighted by Gasteiger charge is 2.13. The van der Waals surface area contributed by atoms with Crippen LogP contribution in [0.1, 0.15) is 12.5 Å². The Labute approximate surface area is 88.3 Å². The highest BCUT2D eigenvalue weighted by atomic mass is 16.5. The van der Waals surface area contributed by atoms with Gasteiger partial charge in [0, 0.05) is 5.56 Å². The molecule has 0 aliphatic carbocycles. The van der Waals surface area contributed by atoms with Crippen molar-refractivity contribution in [2.45, 2.75) is 6.92 Å². The molecule has 0 aliphatic rings. The smallest absolute Gasteiger partial charge is 0.488 e. The van der Waals surface area contributed by atoms with Crippen LogP contribution in [0.4, 0.5) is 0 Å². The summed E-state index contributed by atoms with van der Waals surface area (Å²) in [5.41, 5.74) is 0.985. The maximum Gasteiger partial charge on any atom is 0.488 e. The lowest BCUT2D eigenvalue weighted by molar-refractivity contribution is 0.340. The number of benzene rings is 1. The average molecular weight is 208 g/mol. The number of ether oxygens (including phenoxy) is 1. The molecule has 0 radical (unpaired) electrons. The number of nitrogens with two attached hydrogens (primary N) is 1. The van der Waals surface area contributed by atoms with Gasteiger partial charge in [0.1, 0.15) is 5.75 Å². The molecule has 0 unspecified atom stereocenters. The molecule has 80 valence electrons. The van der Waals surface area contributed by atoms with E-state index in [1.807, 2.05) is 6.92 Å². The van der Waals surface area contributed by atoms with Gasteiger partial charge in [-0.1, -0.05) is 6.07 Å². The zero-order chi connectivity index (χ0) is 11.3. The summed E-state index contributed by atoms with van der Waals surface area (Å²) in [7, 11) is -1.51. The first kappa shape index (κ1) is 11.5. The third-order valence-corrected chi connectivity index (χ3v) is 1.85. The molecule has 6 heteroatoms. The molecule has 0 fully saturated rings. The Bertz CT molecular complexity index is 355. The molecule has 15 heavy (non-hydrogen) atoms. The van der Waals surface area contributed by atoms with Crippen molar-refractivity contribution in [3.05, 3.63) is 23.8 Å². The molecule has 0 bridgehead atoms. The molecule has 0 atom stereocenters. The van der Waals surface area contributed by atoms with Gasteiger partial charge in [0.15, 0.2) is 0 Å². The summed E-state index contributed by atoms with van der Waals surface area (Å²) >= 11 is 0. The second kappa shape index (κ2) is 5.38. The topological polar surface area (TPSA) is 88.1 Å². The molecular weight excluding hydrogens is 195 g/mol. The van der Waals surface area contributed by atoms with Crippen LogP contribution < -0.4 is 16.0 Å². The number of hydrazone groups is 1. The van der Waals surface area contributed by atoms with Gasteiger partial charge in [0.05, 0.1) is 12.8 Å². The summed E-state index contributed by atoms with van der Waals surface area (Å²) in [5.74, 6) is 5.65. The summed E-state index contributed by atoms with van der Waals surface area (Å²) in [4.78, 5) is 0. The Kier molecular flexibility index (Phi) is 4.14. The SMILES string of the molecule is CCOc1ccc(B(O)O)cc1C=NN. The standard InChI is InChI=1S/C9H13BN2O3/c1-2-15-9-4-3-8(10(13)14)5-7(9)6-12-11/h3-6,13-14H,2,11H2,1H3. The summed E-state index contributed by atoms with van der Waals surface area (Å²) in [6.45, 7) is 2.38. The van der Waals surface area contributed by atoms with Crippen LogP contribution in [0.15, 0.2) is 23.3 Å². The quantitative estimate of drug-likeness (QED) is 0.258. The molecule has 0 amide bonds. The van der Waals surface area contributed by atoms with E-state index >= 15 is 0 Å². The van der Waals surface area contributed by atoms with Crippen molar-refractivity contribution in [1.29, 1.82) is 0 Å². The largest absolute Gasteiger partial charge is 0.493 e. The van der Waals surface area contributed by atoms with E-state index in [1.54, 1.807) is 18.2 Å². The average Bonchev–Trinajstić information content (AvgIpc) is 2.21. The predicted octanol–water partition coefficient (Wildman–Crippen LogP) is -0.942. The fraction of sp³-hybridized carbons (Fsp3) is 0.222. The molecule has 0 spiro atoms. The lowest BCUT2D eigenvalue weighted by atomic mass is 9.79. The van der Waals surface area contributed by atoms with E-state index < -0.39 is 7.12 Å². The zero-order valence-corrected chi connectivity index (χ0v) is 8.42. The zero-order valence-electron chi connectivity index (χ0n) is 8.42. The predicted molar refractivity (Wildman–Crippen MR) is 59.2 cm³/mol. The number of hydrogen-bond acceptors (Lipinski definition) is 5. The molecule has 0 saturated heterocycles. The molecule has 5 nitrogen and oxygen atoms in total. The van der Waals surface area contributed by atoms with Gasteiger partial charge >= 0.3 is 7.12 Å². The fourth-order valence-electron chi connectivity index (χ4n) is 1.20. The molecular formula is C9H13BN2O3. The van der Waals surface area contributed by atoms with Crippen molar-refractivity contribution in [1.82, 2.24) is 0 Å². The first-order chi connectivity index (χ1) is 7.19. The molecule has 0 saturated carbocycles.